The van der Waals surface area contributed by atoms with Crippen LogP contribution in [0.15, 0.2) is 29.3 Å². The first-order valence-electron chi connectivity index (χ1n) is 7.70. The van der Waals surface area contributed by atoms with Crippen LogP contribution in [-0.4, -0.2) is 25.1 Å². The molecule has 0 aliphatic heterocycles. The van der Waals surface area contributed by atoms with Crippen LogP contribution in [0.1, 0.15) is 5.56 Å². The predicted molar refractivity (Wildman–Crippen MR) is 139 cm³/mol. The maximum Gasteiger partial charge on any atom is 1.00 e. The summed E-state index contributed by atoms with van der Waals surface area (Å²) in [4.78, 5) is 14.7. The zero-order chi connectivity index (χ0) is 20.8. The Bertz CT molecular complexity index is 878. The summed E-state index contributed by atoms with van der Waals surface area (Å²) in [6.07, 6.45) is -0.131. The fourth-order valence-electron chi connectivity index (χ4n) is 2.15. The topological polar surface area (TPSA) is 123 Å². The molecule has 0 radical (unpaired) electrons. The van der Waals surface area contributed by atoms with E-state index in [1.54, 1.807) is 12.1 Å². The third-order valence-electron chi connectivity index (χ3n) is 3.23. The number of halogens is 4. The third kappa shape index (κ3) is 8.75. The third-order valence-corrected chi connectivity index (χ3v) is 6.44. The maximum absolute atomic E-state index is 10.8. The maximum atomic E-state index is 10.8. The molecule has 2 rings (SSSR count). The fraction of sp³-hybridized carbons (Fsp3) is 0.176. The molecule has 0 aliphatic rings. The van der Waals surface area contributed by atoms with E-state index in [-0.39, 0.29) is 31.2 Å². The van der Waals surface area contributed by atoms with E-state index in [1.165, 1.54) is 0 Å². The molecule has 0 saturated heterocycles. The number of aliphatic imine (C=N–C) groups is 1. The van der Waals surface area contributed by atoms with E-state index in [4.69, 9.17) is 20.9 Å². The van der Waals surface area contributed by atoms with Gasteiger partial charge >= 0.3 is 18.9 Å². The molecular weight excluding hydrogens is 825 g/mol. The minimum absolute atomic E-state index is 0. The molecule has 0 unspecified atom stereocenters. The number of hydrogen-bond donors (Lipinski definition) is 2. The van der Waals surface area contributed by atoms with Crippen molar-refractivity contribution in [3.05, 3.63) is 44.1 Å². The van der Waals surface area contributed by atoms with Gasteiger partial charge in [0.2, 0.25) is 0 Å². The van der Waals surface area contributed by atoms with Gasteiger partial charge in [0.25, 0.3) is 0 Å². The van der Waals surface area contributed by atoms with Crippen molar-refractivity contribution in [2.75, 3.05) is 13.2 Å². The van der Waals surface area contributed by atoms with Crippen LogP contribution in [0, 0.1) is 14.3 Å². The number of rotatable bonds is 8. The normalized spacial score (nSPS) is 10.1. The quantitative estimate of drug-likeness (QED) is 0.126. The van der Waals surface area contributed by atoms with Gasteiger partial charge in [-0.1, -0.05) is 0 Å². The number of nitrogens with zero attached hydrogens (tertiary/aromatic N) is 1. The molecule has 7 nitrogen and oxygen atoms in total. The molecule has 0 atom stereocenters. The summed E-state index contributed by atoms with van der Waals surface area (Å²) < 4.78 is 15.3. The molecule has 2 aromatic rings. The van der Waals surface area contributed by atoms with Crippen LogP contribution >= 0.6 is 90.4 Å². The van der Waals surface area contributed by atoms with Crippen LogP contribution in [0.5, 0.6) is 17.2 Å². The van der Waals surface area contributed by atoms with Gasteiger partial charge in [0.1, 0.15) is 18.1 Å². The number of carboxylic acids is 1. The Morgan fingerprint density at radius 2 is 1.48 bits per heavy atom. The van der Waals surface area contributed by atoms with Crippen LogP contribution in [-0.2, 0) is 11.2 Å². The van der Waals surface area contributed by atoms with E-state index in [9.17, 15) is 9.90 Å². The Hall–Kier alpha value is 0.297. The number of nitrogens with two attached hydrogens (primary N) is 2. The minimum atomic E-state index is -1.11. The smallest absolute Gasteiger partial charge is 0.550 e. The van der Waals surface area contributed by atoms with Crippen molar-refractivity contribution in [1.29, 1.82) is 0 Å². The van der Waals surface area contributed by atoms with Crippen LogP contribution in [0.3, 0.4) is 0 Å². The molecule has 0 aliphatic carbocycles. The van der Waals surface area contributed by atoms with E-state index in [2.05, 4.69) is 95.4 Å². The summed E-state index contributed by atoms with van der Waals surface area (Å²) in [5, 5.41) is 10.8. The van der Waals surface area contributed by atoms with Crippen LogP contribution in [0.2, 0.25) is 0 Å². The summed E-state index contributed by atoms with van der Waals surface area (Å²) in [6, 6.07) is 7.32. The van der Waals surface area contributed by atoms with Crippen molar-refractivity contribution in [1.82, 2.24) is 0 Å². The number of carboxylic acid groups (broad SMARTS) is 1. The Labute approximate surface area is 234 Å². The summed E-state index contributed by atoms with van der Waals surface area (Å²) >= 11 is 8.63. The van der Waals surface area contributed by atoms with Crippen molar-refractivity contribution in [3.63, 3.8) is 0 Å². The van der Waals surface area contributed by atoms with E-state index >= 15 is 0 Å². The van der Waals surface area contributed by atoms with Gasteiger partial charge in [-0.25, -0.2) is 0 Å². The number of carbonyl (C=O) groups excluding carboxylic acids is 1. The molecule has 2 aromatic carbocycles. The molecule has 29 heavy (non-hydrogen) atoms. The Morgan fingerprint density at radius 1 is 0.966 bits per heavy atom. The molecular formula is C17H14I4LiN3O4. The first kappa shape index (κ1) is 27.3. The molecule has 150 valence electrons. The minimum Gasteiger partial charge on any atom is -0.550 e. The molecule has 4 N–H and O–H groups in total. The van der Waals surface area contributed by atoms with E-state index in [0.29, 0.717) is 30.2 Å². The summed E-state index contributed by atoms with van der Waals surface area (Å²) in [7, 11) is 0. The number of guanidine groups is 1. The van der Waals surface area contributed by atoms with Crippen molar-refractivity contribution in [3.8, 4) is 17.2 Å². The largest absolute Gasteiger partial charge is 1.00 e. The van der Waals surface area contributed by atoms with Gasteiger partial charge < -0.3 is 30.8 Å². The summed E-state index contributed by atoms with van der Waals surface area (Å²) in [6.45, 7) is 0.737. The second-order valence-electron chi connectivity index (χ2n) is 5.41. The van der Waals surface area contributed by atoms with Gasteiger partial charge in [-0.15, -0.1) is 0 Å². The van der Waals surface area contributed by atoms with Gasteiger partial charge in [-0.3, -0.25) is 4.99 Å². The van der Waals surface area contributed by atoms with Crippen LogP contribution in [0.4, 0.5) is 0 Å². The first-order chi connectivity index (χ1) is 13.2. The van der Waals surface area contributed by atoms with Crippen molar-refractivity contribution in [2.24, 2.45) is 16.5 Å². The monoisotopic (exact) mass is 839 g/mol. The number of aliphatic carboxylic acids is 1. The molecule has 0 heterocycles. The molecule has 0 spiro atoms. The van der Waals surface area contributed by atoms with E-state index in [0.717, 1.165) is 20.0 Å². The van der Waals surface area contributed by atoms with Crippen molar-refractivity contribution in [2.45, 2.75) is 6.42 Å². The van der Waals surface area contributed by atoms with Gasteiger partial charge in [0, 0.05) is 12.4 Å². The van der Waals surface area contributed by atoms with Gasteiger partial charge in [0.05, 0.1) is 20.8 Å². The molecule has 0 bridgehead atoms. The second kappa shape index (κ2) is 13.0. The molecule has 0 fully saturated rings. The zero-order valence-electron chi connectivity index (χ0n) is 15.2. The number of carbonyl (C=O) groups is 1. The van der Waals surface area contributed by atoms with Crippen molar-refractivity contribution >= 4 is 102 Å². The molecule has 0 amide bonds. The molecule has 0 saturated carbocycles. The average molecular weight is 839 g/mol. The first-order valence-corrected chi connectivity index (χ1v) is 12.0. The second-order valence-corrected chi connectivity index (χ2v) is 10.1. The van der Waals surface area contributed by atoms with Gasteiger partial charge in [-0.2, -0.15) is 0 Å². The van der Waals surface area contributed by atoms with Gasteiger partial charge in [-0.05, 0) is 120 Å². The number of benzene rings is 2. The van der Waals surface area contributed by atoms with E-state index < -0.39 is 5.97 Å². The van der Waals surface area contributed by atoms with E-state index in [1.807, 2.05) is 12.1 Å². The number of hydrogen-bond acceptors (Lipinski definition) is 5. The molecule has 0 aromatic heterocycles. The Kier molecular flexibility index (Phi) is 12.2. The average Bonchev–Trinajstić information content (AvgIpc) is 2.56. The number of ether oxygens (including phenoxy) is 2. The predicted octanol–water partition coefficient (Wildman–Crippen LogP) is -0.154. The zero-order valence-corrected chi connectivity index (χ0v) is 23.8. The van der Waals surface area contributed by atoms with Crippen LogP contribution < -0.4 is 44.9 Å². The Morgan fingerprint density at radius 3 is 1.97 bits per heavy atom. The summed E-state index contributed by atoms with van der Waals surface area (Å²) in [5.41, 5.74) is 11.3. The fourth-order valence-corrected chi connectivity index (χ4v) is 6.29. The SMILES string of the molecule is NC(N)=NCCOc1c(I)cc(Oc2c(I)cc(CC(=O)[O-])cc2I)cc1I.[Li+]. The Balaban J connectivity index is 0.00000420. The standard InChI is InChI=1S/C17H15I4N3O4.Li/c18-10-3-8(5-14(25)26)4-11(19)16(10)28-9-6-12(20)15(13(21)7-9)27-2-1-24-17(22)23;/h3-4,6-7H,1-2,5H2,(H,25,26)(H4,22,23,24);/q;+1/p-1. The van der Waals surface area contributed by atoms with Crippen molar-refractivity contribution < 1.29 is 38.2 Å². The van der Waals surface area contributed by atoms with Crippen LogP contribution in [0.25, 0.3) is 0 Å². The molecule has 12 heteroatoms. The summed E-state index contributed by atoms with van der Waals surface area (Å²) in [5.74, 6) is 1.00. The van der Waals surface area contributed by atoms with Gasteiger partial charge in [0.15, 0.2) is 11.7 Å².